The second-order valence-corrected chi connectivity index (χ2v) is 9.61. The molecule has 7 heteroatoms. The van der Waals surface area contributed by atoms with Crippen LogP contribution in [0.3, 0.4) is 0 Å². The van der Waals surface area contributed by atoms with Crippen LogP contribution < -0.4 is 10.2 Å². The molecule has 0 spiro atoms. The van der Waals surface area contributed by atoms with E-state index in [4.69, 9.17) is 4.98 Å². The molecule has 1 aromatic heterocycles. The quantitative estimate of drug-likeness (QED) is 0.773. The highest BCUT2D eigenvalue weighted by atomic mass is 16.2. The fourth-order valence-electron chi connectivity index (χ4n) is 5.40. The molecule has 176 valence electrons. The lowest BCUT2D eigenvalue weighted by molar-refractivity contribution is 0.0471. The molecular weight excluding hydrogens is 412 g/mol. The number of anilines is 1. The summed E-state index contributed by atoms with van der Waals surface area (Å²) in [6, 6.07) is 17.4. The number of hydrogen-bond acceptors (Lipinski definition) is 6. The first-order chi connectivity index (χ1) is 16.2. The van der Waals surface area contributed by atoms with E-state index in [-0.39, 0.29) is 11.9 Å². The van der Waals surface area contributed by atoms with E-state index in [1.165, 1.54) is 31.5 Å². The van der Waals surface area contributed by atoms with Gasteiger partial charge in [0.05, 0.1) is 0 Å². The van der Waals surface area contributed by atoms with Crippen LogP contribution in [0.2, 0.25) is 0 Å². The van der Waals surface area contributed by atoms with Gasteiger partial charge in [-0.15, -0.1) is 0 Å². The number of carbonyl (C=O) groups is 1. The summed E-state index contributed by atoms with van der Waals surface area (Å²) in [5.41, 5.74) is 1.85. The number of amides is 1. The van der Waals surface area contributed by atoms with Gasteiger partial charge in [0, 0.05) is 57.9 Å². The molecule has 0 radical (unpaired) electrons. The third kappa shape index (κ3) is 5.21. The maximum absolute atomic E-state index is 13.3. The Bertz CT molecular complexity index is 921. The topological polar surface area (TPSA) is 55.0 Å². The Morgan fingerprint density at radius 3 is 2.42 bits per heavy atom. The van der Waals surface area contributed by atoms with E-state index in [2.05, 4.69) is 51.3 Å². The molecule has 3 fully saturated rings. The molecule has 1 atom stereocenters. The summed E-state index contributed by atoms with van der Waals surface area (Å²) >= 11 is 0. The van der Waals surface area contributed by atoms with Gasteiger partial charge in [-0.1, -0.05) is 36.4 Å². The number of rotatable bonds is 4. The fourth-order valence-corrected chi connectivity index (χ4v) is 5.40. The van der Waals surface area contributed by atoms with Crippen LogP contribution in [0, 0.1) is 0 Å². The number of nitrogens with zero attached hydrogens (tertiary/aromatic N) is 5. The summed E-state index contributed by atoms with van der Waals surface area (Å²) in [6.07, 6.45) is 2.48. The zero-order valence-electron chi connectivity index (χ0n) is 19.7. The molecular formula is C26H36N6O. The second kappa shape index (κ2) is 10.2. The van der Waals surface area contributed by atoms with Crippen molar-refractivity contribution in [1.29, 1.82) is 0 Å². The minimum atomic E-state index is 0.0645. The van der Waals surface area contributed by atoms with E-state index in [1.807, 2.05) is 29.2 Å². The minimum Gasteiger partial charge on any atom is -0.353 e. The Labute approximate surface area is 197 Å². The average molecular weight is 449 g/mol. The maximum atomic E-state index is 13.3. The molecule has 0 bridgehead atoms. The lowest BCUT2D eigenvalue weighted by Crippen LogP contribution is -2.54. The Balaban J connectivity index is 1.20. The average Bonchev–Trinajstić information content (AvgIpc) is 2.89. The summed E-state index contributed by atoms with van der Waals surface area (Å²) in [7, 11) is 2.20. The molecule has 2 aromatic rings. The Morgan fingerprint density at radius 1 is 0.909 bits per heavy atom. The highest BCUT2D eigenvalue weighted by molar-refractivity contribution is 5.92. The van der Waals surface area contributed by atoms with Crippen molar-refractivity contribution in [1.82, 2.24) is 25.0 Å². The van der Waals surface area contributed by atoms with Crippen molar-refractivity contribution in [2.45, 2.75) is 24.9 Å². The molecule has 0 aliphatic carbocycles. The number of benzene rings is 1. The number of piperazine rings is 2. The summed E-state index contributed by atoms with van der Waals surface area (Å²) < 4.78 is 0. The van der Waals surface area contributed by atoms with Crippen molar-refractivity contribution in [3.63, 3.8) is 0 Å². The number of carbonyl (C=O) groups excluding carboxylic acids is 1. The molecule has 33 heavy (non-hydrogen) atoms. The van der Waals surface area contributed by atoms with Gasteiger partial charge in [-0.3, -0.25) is 9.69 Å². The van der Waals surface area contributed by atoms with Crippen LogP contribution in [0.1, 0.15) is 34.9 Å². The lowest BCUT2D eigenvalue weighted by atomic mass is 10.0. The van der Waals surface area contributed by atoms with Gasteiger partial charge in [0.1, 0.15) is 11.5 Å². The van der Waals surface area contributed by atoms with E-state index >= 15 is 0 Å². The molecule has 3 aliphatic rings. The molecule has 1 unspecified atom stereocenters. The van der Waals surface area contributed by atoms with Gasteiger partial charge in [-0.2, -0.15) is 0 Å². The van der Waals surface area contributed by atoms with Crippen LogP contribution >= 0.6 is 0 Å². The number of nitrogens with one attached hydrogen (secondary N) is 1. The third-order valence-corrected chi connectivity index (χ3v) is 7.46. The van der Waals surface area contributed by atoms with Gasteiger partial charge in [0.15, 0.2) is 0 Å². The molecule has 3 aliphatic heterocycles. The van der Waals surface area contributed by atoms with Crippen LogP contribution in [0.5, 0.6) is 0 Å². The molecule has 4 heterocycles. The Morgan fingerprint density at radius 2 is 1.67 bits per heavy atom. The smallest absolute Gasteiger partial charge is 0.272 e. The summed E-state index contributed by atoms with van der Waals surface area (Å²) in [5, 5.41) is 3.61. The second-order valence-electron chi connectivity index (χ2n) is 9.61. The van der Waals surface area contributed by atoms with Crippen molar-refractivity contribution < 1.29 is 4.79 Å². The van der Waals surface area contributed by atoms with Crippen LogP contribution in [0.25, 0.3) is 0 Å². The highest BCUT2D eigenvalue weighted by Crippen LogP contribution is 2.22. The Hall–Kier alpha value is -2.48. The monoisotopic (exact) mass is 448 g/mol. The standard InChI is InChI=1S/C26H36N6O/c1-29-13-10-22(11-14-29)30-16-18-31(19-17-30)26(33)23-8-5-9-25(28-23)32-15-12-27-24(20-32)21-6-3-2-4-7-21/h2-9,22,24,27H,10-20H2,1H3. The molecule has 5 rings (SSSR count). The molecule has 1 aromatic carbocycles. The zero-order valence-corrected chi connectivity index (χ0v) is 19.7. The van der Waals surface area contributed by atoms with E-state index in [1.54, 1.807) is 0 Å². The van der Waals surface area contributed by atoms with Crippen LogP contribution in [-0.4, -0.2) is 97.6 Å². The molecule has 1 N–H and O–H groups in total. The Kier molecular flexibility index (Phi) is 6.90. The van der Waals surface area contributed by atoms with Gasteiger partial charge in [-0.05, 0) is 50.7 Å². The van der Waals surface area contributed by atoms with Crippen LogP contribution in [0.4, 0.5) is 5.82 Å². The maximum Gasteiger partial charge on any atom is 0.272 e. The SMILES string of the molecule is CN1CCC(N2CCN(C(=O)c3cccc(N4CCNC(c5ccccc5)C4)n3)CC2)CC1. The minimum absolute atomic E-state index is 0.0645. The first-order valence-electron chi connectivity index (χ1n) is 12.4. The third-order valence-electron chi connectivity index (χ3n) is 7.46. The molecule has 0 saturated carbocycles. The summed E-state index contributed by atoms with van der Waals surface area (Å²) in [5.74, 6) is 0.961. The van der Waals surface area contributed by atoms with Gasteiger partial charge < -0.3 is 20.0 Å². The van der Waals surface area contributed by atoms with Crippen molar-refractivity contribution in [2.75, 3.05) is 70.9 Å². The van der Waals surface area contributed by atoms with E-state index in [0.717, 1.165) is 51.6 Å². The largest absolute Gasteiger partial charge is 0.353 e. The number of pyridine rings is 1. The van der Waals surface area contributed by atoms with Crippen LogP contribution in [-0.2, 0) is 0 Å². The van der Waals surface area contributed by atoms with Crippen molar-refractivity contribution in [3.8, 4) is 0 Å². The van der Waals surface area contributed by atoms with E-state index in [0.29, 0.717) is 11.7 Å². The lowest BCUT2D eigenvalue weighted by Gasteiger charge is -2.42. The zero-order chi connectivity index (χ0) is 22.6. The van der Waals surface area contributed by atoms with Gasteiger partial charge >= 0.3 is 0 Å². The van der Waals surface area contributed by atoms with Crippen molar-refractivity contribution in [2.24, 2.45) is 0 Å². The molecule has 1 amide bonds. The summed E-state index contributed by atoms with van der Waals surface area (Å²) in [6.45, 7) is 8.52. The van der Waals surface area contributed by atoms with Gasteiger partial charge in [0.25, 0.3) is 5.91 Å². The van der Waals surface area contributed by atoms with Gasteiger partial charge in [-0.25, -0.2) is 4.98 Å². The fraction of sp³-hybridized carbons (Fsp3) is 0.538. The van der Waals surface area contributed by atoms with Crippen molar-refractivity contribution >= 4 is 11.7 Å². The molecule has 7 nitrogen and oxygen atoms in total. The normalized spacial score (nSPS) is 23.6. The predicted molar refractivity (Wildman–Crippen MR) is 132 cm³/mol. The van der Waals surface area contributed by atoms with E-state index < -0.39 is 0 Å². The molecule has 3 saturated heterocycles. The number of piperidine rings is 1. The number of hydrogen-bond donors (Lipinski definition) is 1. The number of aromatic nitrogens is 1. The predicted octanol–water partition coefficient (Wildman–Crippen LogP) is 2.08. The first kappa shape index (κ1) is 22.3. The van der Waals surface area contributed by atoms with Crippen LogP contribution in [0.15, 0.2) is 48.5 Å². The first-order valence-corrected chi connectivity index (χ1v) is 12.4. The number of likely N-dealkylation sites (tertiary alicyclic amines) is 1. The highest BCUT2D eigenvalue weighted by Gasteiger charge is 2.29. The van der Waals surface area contributed by atoms with E-state index in [9.17, 15) is 4.79 Å². The summed E-state index contributed by atoms with van der Waals surface area (Å²) in [4.78, 5) is 27.3. The van der Waals surface area contributed by atoms with Gasteiger partial charge in [0.2, 0.25) is 0 Å². The van der Waals surface area contributed by atoms with Crippen molar-refractivity contribution in [3.05, 3.63) is 59.8 Å².